The Morgan fingerprint density at radius 3 is 2.41 bits per heavy atom. The molecule has 3 saturated heterocycles. The zero-order valence-corrected chi connectivity index (χ0v) is 19.5. The molecule has 0 aromatic rings. The first kappa shape index (κ1) is 24.3. The lowest BCUT2D eigenvalue weighted by Crippen LogP contribution is -2.95. The summed E-state index contributed by atoms with van der Waals surface area (Å²) in [6, 6.07) is -0.200. The van der Waals surface area contributed by atoms with E-state index in [2.05, 4.69) is 20.4 Å². The minimum atomic E-state index is -0.744. The van der Waals surface area contributed by atoms with Gasteiger partial charge in [-0.1, -0.05) is 0 Å². The maximum atomic E-state index is 12.7. The van der Waals surface area contributed by atoms with E-state index in [0.29, 0.717) is 12.7 Å². The largest absolute Gasteiger partial charge is 0.394 e. The molecule has 1 aliphatic carbocycles. The average molecular weight is 456 g/mol. The molecule has 184 valence electrons. The number of piperazine rings is 1. The lowest BCUT2D eigenvalue weighted by atomic mass is 9.86. The second-order valence-electron chi connectivity index (χ2n) is 9.99. The van der Waals surface area contributed by atoms with Gasteiger partial charge in [-0.25, -0.2) is 0 Å². The number of rotatable bonds is 7. The number of methoxy groups -OCH3 is 1. The van der Waals surface area contributed by atoms with Crippen LogP contribution >= 0.6 is 0 Å². The number of nitrogens with two attached hydrogens (primary N) is 1. The molecule has 3 aliphatic heterocycles. The number of quaternary nitrogens is 1. The van der Waals surface area contributed by atoms with Gasteiger partial charge in [-0.3, -0.25) is 14.6 Å². The van der Waals surface area contributed by atoms with Gasteiger partial charge in [0.25, 0.3) is 0 Å². The Morgan fingerprint density at radius 2 is 1.78 bits per heavy atom. The summed E-state index contributed by atoms with van der Waals surface area (Å²) < 4.78 is 11.4. The zero-order valence-electron chi connectivity index (χ0n) is 19.5. The number of nitrogens with one attached hydrogen (secondary N) is 1. The van der Waals surface area contributed by atoms with E-state index >= 15 is 0 Å². The van der Waals surface area contributed by atoms with Crippen molar-refractivity contribution in [3.8, 4) is 0 Å². The van der Waals surface area contributed by atoms with Gasteiger partial charge in [-0.2, -0.15) is 0 Å². The molecule has 4 fully saturated rings. The normalized spacial score (nSPS) is 39.8. The number of carbonyl (C=O) groups excluding carboxylic acids is 1. The van der Waals surface area contributed by atoms with Crippen molar-refractivity contribution in [2.24, 2.45) is 5.92 Å². The van der Waals surface area contributed by atoms with Crippen molar-refractivity contribution in [2.75, 3.05) is 53.0 Å². The molecule has 0 aromatic carbocycles. The van der Waals surface area contributed by atoms with Crippen molar-refractivity contribution < 1.29 is 29.8 Å². The molecular formula is C23H43N4O5+. The van der Waals surface area contributed by atoms with Crippen molar-refractivity contribution in [3.63, 3.8) is 0 Å². The van der Waals surface area contributed by atoms with Gasteiger partial charge in [-0.05, 0) is 38.5 Å². The Hall–Kier alpha value is -0.810. The summed E-state index contributed by atoms with van der Waals surface area (Å²) in [5, 5.41) is 26.1. The van der Waals surface area contributed by atoms with Gasteiger partial charge < -0.3 is 30.3 Å². The van der Waals surface area contributed by atoms with Gasteiger partial charge in [0.15, 0.2) is 0 Å². The maximum absolute atomic E-state index is 12.7. The second-order valence-corrected chi connectivity index (χ2v) is 9.99. The van der Waals surface area contributed by atoms with E-state index in [1.54, 1.807) is 7.11 Å². The van der Waals surface area contributed by atoms with E-state index in [1.165, 1.54) is 25.8 Å². The maximum Gasteiger partial charge on any atom is 0.223 e. The van der Waals surface area contributed by atoms with E-state index < -0.39 is 12.2 Å². The molecule has 0 bridgehead atoms. The van der Waals surface area contributed by atoms with Crippen molar-refractivity contribution in [1.29, 1.82) is 0 Å². The molecule has 0 aromatic heterocycles. The Kier molecular flexibility index (Phi) is 8.78. The van der Waals surface area contributed by atoms with E-state index in [4.69, 9.17) is 9.47 Å². The number of carbonyl (C=O) groups is 1. The summed E-state index contributed by atoms with van der Waals surface area (Å²) in [6.45, 7) is 5.09. The number of hydrogen-bond donors (Lipinski definition) is 4. The monoisotopic (exact) mass is 455 g/mol. The highest BCUT2D eigenvalue weighted by molar-refractivity contribution is 5.78. The molecule has 1 saturated carbocycles. The van der Waals surface area contributed by atoms with Crippen LogP contribution in [0.2, 0.25) is 0 Å². The van der Waals surface area contributed by atoms with Crippen LogP contribution in [0, 0.1) is 5.92 Å². The number of piperidine rings is 1. The summed E-state index contributed by atoms with van der Waals surface area (Å²) in [4.78, 5) is 17.6. The van der Waals surface area contributed by atoms with Gasteiger partial charge in [0.2, 0.25) is 5.91 Å². The van der Waals surface area contributed by atoms with E-state index in [-0.39, 0.29) is 36.7 Å². The summed E-state index contributed by atoms with van der Waals surface area (Å²) in [5.41, 5.74) is 0. The topological polar surface area (TPSA) is 111 Å². The van der Waals surface area contributed by atoms with E-state index in [1.807, 2.05) is 0 Å². The molecule has 1 unspecified atom stereocenters. The molecule has 9 heteroatoms. The smallest absolute Gasteiger partial charge is 0.223 e. The molecule has 4 rings (SSSR count). The molecule has 5 N–H and O–H groups in total. The van der Waals surface area contributed by atoms with Gasteiger partial charge in [0.1, 0.15) is 18.4 Å². The third-order valence-electron chi connectivity index (χ3n) is 8.13. The average Bonchev–Trinajstić information content (AvgIpc) is 3.18. The standard InChI is InChI=1S/C23H42N4O5/c1-31-17-7-5-16(6-8-17)23(30)25-14-18-21(22(29)19(15-28)32-18)27-12-10-26(11-13-27)20-4-2-3-9-24-20/h16-22,24,28-29H,2-15H2,1H3,(H,25,30)/p+1/t16?,17?,18-,19-,20?,21-,22+/m0/s1. The van der Waals surface area contributed by atoms with Crippen molar-refractivity contribution in [2.45, 2.75) is 81.6 Å². The molecule has 32 heavy (non-hydrogen) atoms. The number of amides is 1. The Labute approximate surface area is 191 Å². The predicted molar refractivity (Wildman–Crippen MR) is 119 cm³/mol. The fourth-order valence-electron chi connectivity index (χ4n) is 6.13. The Morgan fingerprint density at radius 1 is 1.06 bits per heavy atom. The van der Waals surface area contributed by atoms with Crippen LogP contribution in [0.3, 0.4) is 0 Å². The summed E-state index contributed by atoms with van der Waals surface area (Å²) in [6.07, 6.45) is 6.62. The lowest BCUT2D eigenvalue weighted by molar-refractivity contribution is -0.717. The van der Waals surface area contributed by atoms with Gasteiger partial charge in [0, 0.05) is 52.2 Å². The van der Waals surface area contributed by atoms with Crippen molar-refractivity contribution in [3.05, 3.63) is 0 Å². The second kappa shape index (κ2) is 11.6. The van der Waals surface area contributed by atoms with E-state index in [9.17, 15) is 15.0 Å². The van der Waals surface area contributed by atoms with Gasteiger partial charge >= 0.3 is 0 Å². The minimum Gasteiger partial charge on any atom is -0.394 e. The number of hydrogen-bond acceptors (Lipinski definition) is 7. The Bertz CT molecular complexity index is 589. The van der Waals surface area contributed by atoms with Crippen LogP contribution in [0.25, 0.3) is 0 Å². The first-order chi connectivity index (χ1) is 15.6. The highest BCUT2D eigenvalue weighted by atomic mass is 16.5. The van der Waals surface area contributed by atoms with Gasteiger partial charge in [-0.15, -0.1) is 0 Å². The molecule has 0 spiro atoms. The van der Waals surface area contributed by atoms with Crippen LogP contribution < -0.4 is 10.6 Å². The number of aliphatic hydroxyl groups is 2. The SMILES string of the molecule is COC1CCC(C(=O)NC[C@@H]2O[C@@H](CO)[C@@H](O)[C@H]2N2CCN(C3CCCC[NH2+]3)CC2)CC1. The van der Waals surface area contributed by atoms with Crippen molar-refractivity contribution >= 4 is 5.91 Å². The fraction of sp³-hybridized carbons (Fsp3) is 0.957. The number of nitrogens with zero attached hydrogens (tertiary/aromatic N) is 2. The van der Waals surface area contributed by atoms with Crippen LogP contribution in [0.4, 0.5) is 0 Å². The number of aliphatic hydroxyl groups excluding tert-OH is 2. The molecule has 5 atom stereocenters. The predicted octanol–water partition coefficient (Wildman–Crippen LogP) is -1.51. The molecule has 1 amide bonds. The highest BCUT2D eigenvalue weighted by Crippen LogP contribution is 2.28. The summed E-state index contributed by atoms with van der Waals surface area (Å²) >= 11 is 0. The summed E-state index contributed by atoms with van der Waals surface area (Å²) in [7, 11) is 1.73. The summed E-state index contributed by atoms with van der Waals surface area (Å²) in [5.74, 6) is 0.0941. The van der Waals surface area contributed by atoms with Crippen LogP contribution in [0.5, 0.6) is 0 Å². The fourth-order valence-corrected chi connectivity index (χ4v) is 6.13. The third kappa shape index (κ3) is 5.63. The first-order valence-electron chi connectivity index (χ1n) is 12.7. The van der Waals surface area contributed by atoms with Crippen LogP contribution in [-0.4, -0.2) is 116 Å². The molecule has 9 nitrogen and oxygen atoms in total. The first-order valence-corrected chi connectivity index (χ1v) is 12.7. The quantitative estimate of drug-likeness (QED) is 0.369. The third-order valence-corrected chi connectivity index (χ3v) is 8.13. The van der Waals surface area contributed by atoms with E-state index in [0.717, 1.165) is 51.9 Å². The van der Waals surface area contributed by atoms with Crippen LogP contribution in [0.1, 0.15) is 44.9 Å². The molecule has 3 heterocycles. The van der Waals surface area contributed by atoms with Crippen molar-refractivity contribution in [1.82, 2.24) is 15.1 Å². The highest BCUT2D eigenvalue weighted by Gasteiger charge is 2.47. The zero-order chi connectivity index (χ0) is 22.5. The van der Waals surface area contributed by atoms with Crippen LogP contribution in [0.15, 0.2) is 0 Å². The number of ether oxygens (including phenoxy) is 2. The van der Waals surface area contributed by atoms with Crippen LogP contribution in [-0.2, 0) is 14.3 Å². The molecular weight excluding hydrogens is 412 g/mol. The molecule has 4 aliphatic rings. The Balaban J connectivity index is 1.29. The minimum absolute atomic E-state index is 0.0232. The van der Waals surface area contributed by atoms with Gasteiger partial charge in [0.05, 0.1) is 31.4 Å². The lowest BCUT2D eigenvalue weighted by Gasteiger charge is -2.42. The molecule has 0 radical (unpaired) electrons.